The number of hydrogen-bond acceptors (Lipinski definition) is 14. The predicted octanol–water partition coefficient (Wildman–Crippen LogP) is 5.10. The van der Waals surface area contributed by atoms with E-state index in [9.17, 15) is 14.9 Å². The predicted molar refractivity (Wildman–Crippen MR) is 268 cm³/mol. The van der Waals surface area contributed by atoms with E-state index in [0.717, 1.165) is 55.8 Å². The Morgan fingerprint density at radius 3 is 2.29 bits per heavy atom. The van der Waals surface area contributed by atoms with Gasteiger partial charge in [-0.3, -0.25) is 35.0 Å². The molecule has 17 heteroatoms. The Hall–Kier alpha value is -3.50. The van der Waals surface area contributed by atoms with Crippen LogP contribution in [0.4, 0.5) is 0 Å². The van der Waals surface area contributed by atoms with Crippen LogP contribution in [-0.2, 0) is 9.59 Å². The van der Waals surface area contributed by atoms with Gasteiger partial charge in [0.25, 0.3) is 0 Å². The number of nitriles is 1. The molecule has 2 aliphatic carbocycles. The van der Waals surface area contributed by atoms with Crippen LogP contribution >= 0.6 is 23.4 Å². The molecule has 7 aliphatic rings. The number of hydrogen-bond donors (Lipinski definition) is 6. The first kappa shape index (κ1) is 49.5. The molecule has 2 aromatic carbocycles. The summed E-state index contributed by atoms with van der Waals surface area (Å²) in [5.41, 5.74) is 8.95. The summed E-state index contributed by atoms with van der Waals surface area (Å²) in [7, 11) is 2.29. The summed E-state index contributed by atoms with van der Waals surface area (Å²) in [5, 5.41) is 24.0. The highest BCUT2D eigenvalue weighted by atomic mass is 35.5. The summed E-state index contributed by atoms with van der Waals surface area (Å²) in [5.74, 6) is 2.10. The standard InChI is InChI=1S/C51H74ClN11O4S/c1-10-54-41(64)24-40-44-60-59-30(4)63(44)46-42(28(2)29(3)68-46)43(57-40)31-11-14-36(15-12-31)66-38-21-35(22-38)61(9)34-17-19-62(20-18-34)49-55-26-33(27-56-49)45(65)58-47-50(5,6)48(51(47,7)8)67-37-16-13-32(25-53)39(52)23-37/h11-16,23,28-30,33-35,38,40,42,44,46-49,55-56,59-60H,10,17-22,24,26-27H2,1-9H3,(H,54,64)(H,58,65)/t28?,29?,30?,33?,35?,38?,40-,42?,44?,46?,47?,48?,49?/m0/s1. The molecule has 0 aromatic heterocycles. The van der Waals surface area contributed by atoms with Crippen LogP contribution in [0.2, 0.25) is 5.02 Å². The molecule has 7 atom stereocenters. The number of ether oxygens (including phenoxy) is 2. The van der Waals surface area contributed by atoms with Gasteiger partial charge in [0.05, 0.1) is 46.7 Å². The maximum Gasteiger partial charge on any atom is 0.225 e. The Morgan fingerprint density at radius 2 is 1.65 bits per heavy atom. The first-order valence-electron chi connectivity index (χ1n) is 25.1. The minimum Gasteiger partial charge on any atom is -0.490 e. The van der Waals surface area contributed by atoms with Crippen molar-refractivity contribution in [2.45, 2.75) is 153 Å². The zero-order chi connectivity index (χ0) is 48.2. The van der Waals surface area contributed by atoms with E-state index in [1.54, 1.807) is 18.2 Å². The number of piperidine rings is 1. The van der Waals surface area contributed by atoms with Gasteiger partial charge in [0, 0.05) is 97.5 Å². The summed E-state index contributed by atoms with van der Waals surface area (Å²) in [6, 6.07) is 16.6. The minimum atomic E-state index is -0.313. The van der Waals surface area contributed by atoms with Crippen molar-refractivity contribution >= 4 is 40.9 Å². The van der Waals surface area contributed by atoms with Crippen molar-refractivity contribution in [1.29, 1.82) is 5.26 Å². The van der Waals surface area contributed by atoms with E-state index in [1.165, 1.54) is 0 Å². The van der Waals surface area contributed by atoms with Crippen molar-refractivity contribution in [2.24, 2.45) is 33.6 Å². The maximum absolute atomic E-state index is 13.7. The quantitative estimate of drug-likeness (QED) is 0.157. The molecule has 15 nitrogen and oxygen atoms in total. The number of likely N-dealkylation sites (tertiary alicyclic amines) is 1. The summed E-state index contributed by atoms with van der Waals surface area (Å²) >= 11 is 8.32. The molecule has 6 fully saturated rings. The van der Waals surface area contributed by atoms with Gasteiger partial charge in [0.15, 0.2) is 0 Å². The number of thioether (sulfide) groups is 1. The SMILES string of the molecule is CCNC(=O)C[C@@H]1N=C(c2ccc(OC3CC(N(C)C4CCN(C5NCC(C(=O)NC6C(C)(C)C(Oc7ccc(C#N)c(Cl)c7)C6(C)C)CN5)CC4)C3)cc2)C2C(C)C(C)SC2N2C(C)NNC12. The average molecular weight is 973 g/mol. The number of benzene rings is 2. The summed E-state index contributed by atoms with van der Waals surface area (Å²) in [6.45, 7) is 21.2. The van der Waals surface area contributed by atoms with Crippen LogP contribution in [0.5, 0.6) is 11.5 Å². The normalized spacial score (nSPS) is 35.7. The second-order valence-corrected chi connectivity index (χ2v) is 23.7. The number of amides is 2. The fourth-order valence-electron chi connectivity index (χ4n) is 12.8. The average Bonchev–Trinajstić information content (AvgIpc) is 3.79. The number of carbonyl (C=O) groups is 2. The van der Waals surface area contributed by atoms with E-state index < -0.39 is 0 Å². The Morgan fingerprint density at radius 1 is 0.971 bits per heavy atom. The van der Waals surface area contributed by atoms with Crippen LogP contribution in [0.1, 0.15) is 98.6 Å². The molecule has 9 rings (SSSR count). The van der Waals surface area contributed by atoms with Crippen molar-refractivity contribution < 1.29 is 19.1 Å². The van der Waals surface area contributed by atoms with Crippen molar-refractivity contribution in [3.8, 4) is 17.6 Å². The number of aliphatic imine (C=N–C) groups is 1. The molecule has 5 aliphatic heterocycles. The molecule has 0 spiro atoms. The lowest BCUT2D eigenvalue weighted by Gasteiger charge is -2.63. The lowest BCUT2D eigenvalue weighted by Crippen LogP contribution is -2.75. The van der Waals surface area contributed by atoms with Gasteiger partial charge < -0.3 is 25.0 Å². The number of nitrogens with one attached hydrogen (secondary N) is 6. The molecule has 5 heterocycles. The first-order valence-corrected chi connectivity index (χ1v) is 26.4. The molecule has 4 saturated heterocycles. The largest absolute Gasteiger partial charge is 0.490 e. The van der Waals surface area contributed by atoms with Crippen LogP contribution in [0.3, 0.4) is 0 Å². The van der Waals surface area contributed by atoms with Crippen molar-refractivity contribution in [1.82, 2.24) is 46.8 Å². The Balaban J connectivity index is 0.721. The highest BCUT2D eigenvalue weighted by Crippen LogP contribution is 2.56. The van der Waals surface area contributed by atoms with Crippen LogP contribution in [0.15, 0.2) is 47.5 Å². The molecule has 2 amide bonds. The lowest BCUT2D eigenvalue weighted by atomic mass is 9.49. The smallest absolute Gasteiger partial charge is 0.225 e. The van der Waals surface area contributed by atoms with Crippen molar-refractivity contribution in [3.63, 3.8) is 0 Å². The van der Waals surface area contributed by atoms with E-state index in [1.807, 2.05) is 18.7 Å². The Labute approximate surface area is 412 Å². The number of carbonyl (C=O) groups excluding carboxylic acids is 2. The number of fused-ring (bicyclic) bond motifs is 3. The van der Waals surface area contributed by atoms with Crippen LogP contribution in [-0.4, -0.2) is 138 Å². The van der Waals surface area contributed by atoms with E-state index in [2.05, 4.69) is 133 Å². The van der Waals surface area contributed by atoms with E-state index in [0.29, 0.717) is 65.6 Å². The van der Waals surface area contributed by atoms with Gasteiger partial charge in [0.2, 0.25) is 11.8 Å². The van der Waals surface area contributed by atoms with Gasteiger partial charge in [-0.25, -0.2) is 10.9 Å². The van der Waals surface area contributed by atoms with Crippen LogP contribution in [0, 0.1) is 39.9 Å². The number of hydrazine groups is 1. The van der Waals surface area contributed by atoms with Gasteiger partial charge in [0.1, 0.15) is 36.1 Å². The molecule has 6 N–H and O–H groups in total. The summed E-state index contributed by atoms with van der Waals surface area (Å²) in [6.07, 6.45) is 4.73. The molecule has 370 valence electrons. The zero-order valence-corrected chi connectivity index (χ0v) is 42.9. The van der Waals surface area contributed by atoms with E-state index in [-0.39, 0.29) is 82.8 Å². The second kappa shape index (κ2) is 20.0. The first-order chi connectivity index (χ1) is 32.5. The van der Waals surface area contributed by atoms with E-state index in [4.69, 9.17) is 26.1 Å². The van der Waals surface area contributed by atoms with Gasteiger partial charge in [-0.05, 0) is 81.6 Å². The monoisotopic (exact) mass is 972 g/mol. The van der Waals surface area contributed by atoms with Gasteiger partial charge in [-0.2, -0.15) is 5.26 Å². The number of nitrogens with zero attached hydrogens (tertiary/aromatic N) is 5. The molecule has 0 radical (unpaired) electrons. The summed E-state index contributed by atoms with van der Waals surface area (Å²) in [4.78, 5) is 39.7. The topological polar surface area (TPSA) is 171 Å². The van der Waals surface area contributed by atoms with Crippen molar-refractivity contribution in [3.05, 3.63) is 58.6 Å². The number of rotatable bonds is 13. The van der Waals surface area contributed by atoms with Gasteiger partial charge >= 0.3 is 0 Å². The fraction of sp³-hybridized carbons (Fsp3) is 0.686. The molecule has 0 bridgehead atoms. The third kappa shape index (κ3) is 9.53. The highest BCUT2D eigenvalue weighted by Gasteiger charge is 2.64. The van der Waals surface area contributed by atoms with Gasteiger partial charge in [-0.1, -0.05) is 53.1 Å². The molecular formula is C51H74ClN11O4S. The Bertz CT molecular complexity index is 2200. The molecule has 6 unspecified atom stereocenters. The summed E-state index contributed by atoms with van der Waals surface area (Å²) < 4.78 is 13.0. The Kier molecular flexibility index (Phi) is 14.5. The molecular weight excluding hydrogens is 898 g/mol. The fourth-order valence-corrected chi connectivity index (χ4v) is 14.8. The van der Waals surface area contributed by atoms with Crippen LogP contribution in [0.25, 0.3) is 0 Å². The van der Waals surface area contributed by atoms with Gasteiger partial charge in [-0.15, -0.1) is 11.8 Å². The third-order valence-electron chi connectivity index (χ3n) is 16.7. The molecule has 2 saturated carbocycles. The van der Waals surface area contributed by atoms with E-state index >= 15 is 0 Å². The van der Waals surface area contributed by atoms with Crippen LogP contribution < -0.4 is 41.6 Å². The number of halogens is 1. The maximum atomic E-state index is 13.7. The third-order valence-corrected chi connectivity index (χ3v) is 18.7. The lowest BCUT2D eigenvalue weighted by molar-refractivity contribution is -0.174. The minimum absolute atomic E-state index is 0.0313. The molecule has 68 heavy (non-hydrogen) atoms. The molecule has 2 aromatic rings. The zero-order valence-electron chi connectivity index (χ0n) is 41.4. The highest BCUT2D eigenvalue weighted by molar-refractivity contribution is 8.00. The second-order valence-electron chi connectivity index (χ2n) is 21.8. The van der Waals surface area contributed by atoms with Crippen molar-refractivity contribution in [2.75, 3.05) is 39.8 Å².